The number of fused-ring (bicyclic) bond motifs is 2. The van der Waals surface area contributed by atoms with E-state index in [0.717, 1.165) is 31.1 Å². The summed E-state index contributed by atoms with van der Waals surface area (Å²) >= 11 is 3.16. The smallest absolute Gasteiger partial charge is 0.255 e. The number of anilines is 1. The van der Waals surface area contributed by atoms with Crippen LogP contribution in [0.15, 0.2) is 41.9 Å². The molecule has 0 saturated heterocycles. The van der Waals surface area contributed by atoms with Gasteiger partial charge in [-0.3, -0.25) is 4.79 Å². The minimum atomic E-state index is -0.115. The van der Waals surface area contributed by atoms with Gasteiger partial charge in [0, 0.05) is 11.3 Å². The Hall–Kier alpha value is -2.31. The molecule has 0 aliphatic carbocycles. The van der Waals surface area contributed by atoms with Crippen molar-refractivity contribution in [1.29, 1.82) is 0 Å². The number of carbonyl (C=O) groups is 1. The van der Waals surface area contributed by atoms with Gasteiger partial charge < -0.3 is 5.32 Å². The SMILES string of the molecule is Cc1nc2ccc(NC(=O)c3ccc4ncsc4c3)cc2s1. The summed E-state index contributed by atoms with van der Waals surface area (Å²) in [6.07, 6.45) is 0. The van der Waals surface area contributed by atoms with E-state index in [4.69, 9.17) is 0 Å². The number of nitrogens with one attached hydrogen (secondary N) is 1. The van der Waals surface area contributed by atoms with Gasteiger partial charge in [0.25, 0.3) is 5.91 Å². The second-order valence-corrected chi connectivity index (χ2v) is 7.03. The van der Waals surface area contributed by atoms with Crippen molar-refractivity contribution in [2.75, 3.05) is 5.32 Å². The van der Waals surface area contributed by atoms with E-state index in [9.17, 15) is 4.79 Å². The fraction of sp³-hybridized carbons (Fsp3) is 0.0625. The summed E-state index contributed by atoms with van der Waals surface area (Å²) in [5, 5.41) is 3.96. The molecule has 22 heavy (non-hydrogen) atoms. The lowest BCUT2D eigenvalue weighted by molar-refractivity contribution is 0.102. The van der Waals surface area contributed by atoms with E-state index in [2.05, 4.69) is 15.3 Å². The summed E-state index contributed by atoms with van der Waals surface area (Å²) in [4.78, 5) is 21.0. The maximum atomic E-state index is 12.4. The van der Waals surface area contributed by atoms with Gasteiger partial charge in [0.1, 0.15) is 0 Å². The van der Waals surface area contributed by atoms with Gasteiger partial charge in [0.15, 0.2) is 0 Å². The third-order valence-electron chi connectivity index (χ3n) is 3.35. The van der Waals surface area contributed by atoms with E-state index in [1.165, 1.54) is 11.3 Å². The molecule has 2 aromatic heterocycles. The van der Waals surface area contributed by atoms with Crippen LogP contribution in [0.2, 0.25) is 0 Å². The molecule has 1 amide bonds. The fourth-order valence-electron chi connectivity index (χ4n) is 2.32. The molecule has 0 bridgehead atoms. The zero-order valence-corrected chi connectivity index (χ0v) is 13.3. The van der Waals surface area contributed by atoms with Crippen LogP contribution in [0.25, 0.3) is 20.4 Å². The van der Waals surface area contributed by atoms with Gasteiger partial charge in [-0.2, -0.15) is 0 Å². The molecule has 2 aromatic carbocycles. The molecule has 0 fully saturated rings. The second kappa shape index (κ2) is 5.15. The van der Waals surface area contributed by atoms with Gasteiger partial charge in [0.2, 0.25) is 0 Å². The highest BCUT2D eigenvalue weighted by molar-refractivity contribution is 7.18. The Labute approximate surface area is 134 Å². The maximum Gasteiger partial charge on any atom is 0.255 e. The number of thiazole rings is 2. The molecule has 0 aliphatic heterocycles. The van der Waals surface area contributed by atoms with Gasteiger partial charge in [0.05, 0.1) is 31.0 Å². The van der Waals surface area contributed by atoms with Gasteiger partial charge in [-0.1, -0.05) is 0 Å². The summed E-state index contributed by atoms with van der Waals surface area (Å²) in [5.41, 5.74) is 5.09. The van der Waals surface area contributed by atoms with Crippen molar-refractivity contribution >= 4 is 54.7 Å². The number of aryl methyl sites for hydroxylation is 1. The molecule has 0 aliphatic rings. The lowest BCUT2D eigenvalue weighted by Crippen LogP contribution is -2.11. The monoisotopic (exact) mass is 325 g/mol. The van der Waals surface area contributed by atoms with Crippen LogP contribution in [-0.2, 0) is 0 Å². The van der Waals surface area contributed by atoms with E-state index < -0.39 is 0 Å². The Morgan fingerprint density at radius 3 is 2.86 bits per heavy atom. The first-order chi connectivity index (χ1) is 10.7. The normalized spacial score (nSPS) is 11.1. The molecular formula is C16H11N3OS2. The van der Waals surface area contributed by atoms with Crippen LogP contribution in [-0.4, -0.2) is 15.9 Å². The fourth-order valence-corrected chi connectivity index (χ4v) is 3.90. The van der Waals surface area contributed by atoms with Crippen LogP contribution in [0.4, 0.5) is 5.69 Å². The summed E-state index contributed by atoms with van der Waals surface area (Å²) in [7, 11) is 0. The van der Waals surface area contributed by atoms with E-state index in [1.807, 2.05) is 37.3 Å². The summed E-state index contributed by atoms with van der Waals surface area (Å²) in [6.45, 7) is 1.98. The largest absolute Gasteiger partial charge is 0.322 e. The first kappa shape index (κ1) is 13.4. The number of amides is 1. The van der Waals surface area contributed by atoms with E-state index in [1.54, 1.807) is 22.9 Å². The van der Waals surface area contributed by atoms with Crippen molar-refractivity contribution in [2.24, 2.45) is 0 Å². The molecule has 4 nitrogen and oxygen atoms in total. The zero-order chi connectivity index (χ0) is 15.1. The van der Waals surface area contributed by atoms with Crippen LogP contribution in [0.1, 0.15) is 15.4 Å². The molecule has 2 heterocycles. The summed E-state index contributed by atoms with van der Waals surface area (Å²) < 4.78 is 2.09. The molecule has 108 valence electrons. The Balaban J connectivity index is 1.64. The minimum Gasteiger partial charge on any atom is -0.322 e. The standard InChI is InChI=1S/C16H11N3OS2/c1-9-18-13-5-3-11(7-15(13)22-9)19-16(20)10-2-4-12-14(6-10)21-8-17-12/h2-8H,1H3,(H,19,20). The number of benzene rings is 2. The quantitative estimate of drug-likeness (QED) is 0.592. The van der Waals surface area contributed by atoms with E-state index >= 15 is 0 Å². The Kier molecular flexibility index (Phi) is 3.13. The van der Waals surface area contributed by atoms with Crippen molar-refractivity contribution in [3.63, 3.8) is 0 Å². The first-order valence-electron chi connectivity index (χ1n) is 6.71. The Bertz CT molecular complexity index is 1000. The highest BCUT2D eigenvalue weighted by Gasteiger charge is 2.09. The Morgan fingerprint density at radius 2 is 1.95 bits per heavy atom. The molecule has 6 heteroatoms. The van der Waals surface area contributed by atoms with Crippen molar-refractivity contribution in [2.45, 2.75) is 6.92 Å². The number of rotatable bonds is 2. The van der Waals surface area contributed by atoms with Crippen molar-refractivity contribution < 1.29 is 4.79 Å². The van der Waals surface area contributed by atoms with Crippen molar-refractivity contribution in [1.82, 2.24) is 9.97 Å². The average molecular weight is 325 g/mol. The molecular weight excluding hydrogens is 314 g/mol. The number of hydrogen-bond acceptors (Lipinski definition) is 5. The van der Waals surface area contributed by atoms with Crippen LogP contribution >= 0.6 is 22.7 Å². The third kappa shape index (κ3) is 2.36. The number of carbonyl (C=O) groups excluding carboxylic acids is 1. The lowest BCUT2D eigenvalue weighted by Gasteiger charge is -2.05. The number of aromatic nitrogens is 2. The molecule has 0 saturated carbocycles. The lowest BCUT2D eigenvalue weighted by atomic mass is 10.2. The van der Waals surface area contributed by atoms with Gasteiger partial charge in [-0.15, -0.1) is 22.7 Å². The van der Waals surface area contributed by atoms with Crippen molar-refractivity contribution in [3.05, 3.63) is 52.5 Å². The molecule has 0 atom stereocenters. The van der Waals surface area contributed by atoms with Crippen LogP contribution < -0.4 is 5.32 Å². The molecule has 4 aromatic rings. The topological polar surface area (TPSA) is 54.9 Å². The van der Waals surface area contributed by atoms with Crippen LogP contribution in [0.3, 0.4) is 0 Å². The first-order valence-corrected chi connectivity index (χ1v) is 8.40. The van der Waals surface area contributed by atoms with E-state index in [0.29, 0.717) is 5.56 Å². The summed E-state index contributed by atoms with van der Waals surface area (Å²) in [6, 6.07) is 11.3. The second-order valence-electron chi connectivity index (χ2n) is 4.90. The highest BCUT2D eigenvalue weighted by atomic mass is 32.1. The average Bonchev–Trinajstić information content (AvgIpc) is 3.10. The third-order valence-corrected chi connectivity index (χ3v) is 5.07. The van der Waals surface area contributed by atoms with Crippen molar-refractivity contribution in [3.8, 4) is 0 Å². The predicted octanol–water partition coefficient (Wildman–Crippen LogP) is 4.47. The molecule has 0 radical (unpaired) electrons. The van der Waals surface area contributed by atoms with Crippen LogP contribution in [0, 0.1) is 6.92 Å². The molecule has 1 N–H and O–H groups in total. The van der Waals surface area contributed by atoms with Gasteiger partial charge >= 0.3 is 0 Å². The predicted molar refractivity (Wildman–Crippen MR) is 91.9 cm³/mol. The molecule has 0 unspecified atom stereocenters. The molecule has 0 spiro atoms. The molecule has 4 rings (SSSR count). The van der Waals surface area contributed by atoms with E-state index in [-0.39, 0.29) is 5.91 Å². The maximum absolute atomic E-state index is 12.4. The zero-order valence-electron chi connectivity index (χ0n) is 11.7. The highest BCUT2D eigenvalue weighted by Crippen LogP contribution is 2.25. The summed E-state index contributed by atoms with van der Waals surface area (Å²) in [5.74, 6) is -0.115. The van der Waals surface area contributed by atoms with Crippen LogP contribution in [0.5, 0.6) is 0 Å². The van der Waals surface area contributed by atoms with Gasteiger partial charge in [-0.05, 0) is 43.3 Å². The Morgan fingerprint density at radius 1 is 1.09 bits per heavy atom. The minimum absolute atomic E-state index is 0.115. The number of hydrogen-bond donors (Lipinski definition) is 1. The van der Waals surface area contributed by atoms with Gasteiger partial charge in [-0.25, -0.2) is 9.97 Å². The number of nitrogens with zero attached hydrogens (tertiary/aromatic N) is 2.